The summed E-state index contributed by atoms with van der Waals surface area (Å²) in [7, 11) is 0. The number of aryl methyl sites for hydroxylation is 2. The van der Waals surface area contributed by atoms with E-state index in [2.05, 4.69) is 0 Å². The Morgan fingerprint density at radius 3 is 1.67 bits per heavy atom. The lowest BCUT2D eigenvalue weighted by Crippen LogP contribution is -2.27. The zero-order chi connectivity index (χ0) is 31.8. The van der Waals surface area contributed by atoms with Crippen LogP contribution in [0.2, 0.25) is 0 Å². The van der Waals surface area contributed by atoms with Gasteiger partial charge in [0.15, 0.2) is 0 Å². The average molecular weight is 583 g/mol. The Labute approximate surface area is 249 Å². The Balaban J connectivity index is 0.000000420. The van der Waals surface area contributed by atoms with Crippen LogP contribution in [0, 0.1) is 5.92 Å². The van der Waals surface area contributed by atoms with Crippen molar-refractivity contribution in [3.05, 3.63) is 83.4 Å². The van der Waals surface area contributed by atoms with Crippen molar-refractivity contribution in [2.24, 2.45) is 5.92 Å². The van der Waals surface area contributed by atoms with E-state index in [0.29, 0.717) is 12.8 Å². The summed E-state index contributed by atoms with van der Waals surface area (Å²) in [6.45, 7) is 10.6. The number of hydrogen-bond acceptors (Lipinski definition) is 6. The molecule has 0 unspecified atom stereocenters. The van der Waals surface area contributed by atoms with Gasteiger partial charge in [-0.1, -0.05) is 66.7 Å². The molecule has 0 saturated carbocycles. The lowest BCUT2D eigenvalue weighted by molar-refractivity contribution is -0.160. The SMILES string of the molecule is CC(C)(C)OC(=O)C/C(=C\CCc1ccccc1)C(=O)O.CC(C)(C)OC(=O)C[C@@H](CCCc1ccccc1)C(=O)O. The van der Waals surface area contributed by atoms with E-state index in [1.807, 2.05) is 60.7 Å². The molecule has 0 aromatic heterocycles. The summed E-state index contributed by atoms with van der Waals surface area (Å²) >= 11 is 0. The molecule has 0 radical (unpaired) electrons. The quantitative estimate of drug-likeness (QED) is 0.195. The van der Waals surface area contributed by atoms with Gasteiger partial charge in [0.05, 0.1) is 18.8 Å². The Bertz CT molecular complexity index is 1160. The van der Waals surface area contributed by atoms with Gasteiger partial charge in [0.25, 0.3) is 0 Å². The van der Waals surface area contributed by atoms with Crippen LogP contribution in [0.25, 0.3) is 0 Å². The Hall–Kier alpha value is -3.94. The molecule has 0 aliphatic rings. The number of benzene rings is 2. The van der Waals surface area contributed by atoms with Crippen molar-refractivity contribution in [1.82, 2.24) is 0 Å². The zero-order valence-corrected chi connectivity index (χ0v) is 25.7. The van der Waals surface area contributed by atoms with E-state index < -0.39 is 41.0 Å². The molecule has 0 fully saturated rings. The minimum Gasteiger partial charge on any atom is -0.481 e. The minimum atomic E-state index is -1.08. The second kappa shape index (κ2) is 17.8. The summed E-state index contributed by atoms with van der Waals surface area (Å²) in [5, 5.41) is 18.4. The molecular weight excluding hydrogens is 536 g/mol. The maximum atomic E-state index is 11.7. The van der Waals surface area contributed by atoms with Gasteiger partial charge in [-0.15, -0.1) is 0 Å². The maximum absolute atomic E-state index is 11.7. The first-order valence-electron chi connectivity index (χ1n) is 14.2. The van der Waals surface area contributed by atoms with Gasteiger partial charge < -0.3 is 19.7 Å². The molecule has 8 heteroatoms. The van der Waals surface area contributed by atoms with Crippen molar-refractivity contribution >= 4 is 23.9 Å². The summed E-state index contributed by atoms with van der Waals surface area (Å²) in [5.74, 6) is -3.66. The highest BCUT2D eigenvalue weighted by Crippen LogP contribution is 2.18. The fourth-order valence-corrected chi connectivity index (χ4v) is 3.92. The molecule has 2 N–H and O–H groups in total. The van der Waals surface area contributed by atoms with Crippen LogP contribution in [0.15, 0.2) is 72.3 Å². The lowest BCUT2D eigenvalue weighted by atomic mass is 9.96. The molecular formula is C34H46O8. The third-order valence-corrected chi connectivity index (χ3v) is 5.74. The molecule has 2 rings (SSSR count). The number of carbonyl (C=O) groups is 4. The highest BCUT2D eigenvalue weighted by atomic mass is 16.6. The number of carbonyl (C=O) groups excluding carboxylic acids is 2. The number of ether oxygens (including phenoxy) is 2. The number of carboxylic acids is 2. The van der Waals surface area contributed by atoms with Crippen molar-refractivity contribution < 1.29 is 38.9 Å². The third-order valence-electron chi connectivity index (χ3n) is 5.74. The predicted molar refractivity (Wildman–Crippen MR) is 162 cm³/mol. The van der Waals surface area contributed by atoms with Crippen LogP contribution in [0.5, 0.6) is 0 Å². The molecule has 0 bridgehead atoms. The summed E-state index contributed by atoms with van der Waals surface area (Å²) in [5.41, 5.74) is 1.21. The Morgan fingerprint density at radius 2 is 1.21 bits per heavy atom. The van der Waals surface area contributed by atoms with Crippen molar-refractivity contribution in [2.45, 2.75) is 97.7 Å². The van der Waals surface area contributed by atoms with Gasteiger partial charge in [-0.2, -0.15) is 0 Å². The highest BCUT2D eigenvalue weighted by molar-refractivity contribution is 5.92. The molecule has 1 atom stereocenters. The van der Waals surface area contributed by atoms with E-state index in [1.165, 1.54) is 5.56 Å². The van der Waals surface area contributed by atoms with Crippen molar-refractivity contribution in [2.75, 3.05) is 0 Å². The first kappa shape index (κ1) is 36.1. The lowest BCUT2D eigenvalue weighted by Gasteiger charge is -2.21. The molecule has 0 amide bonds. The molecule has 0 saturated heterocycles. The van der Waals surface area contributed by atoms with E-state index in [1.54, 1.807) is 47.6 Å². The van der Waals surface area contributed by atoms with Crippen LogP contribution < -0.4 is 0 Å². The molecule has 42 heavy (non-hydrogen) atoms. The summed E-state index contributed by atoms with van der Waals surface area (Å²) in [6.07, 6.45) is 4.68. The standard InChI is InChI=1S/C17H24O4.C17H22O4/c2*1-17(2,3)21-15(18)12-14(16(19)20)11-7-10-13-8-5-4-6-9-13/h4-6,8-9,14H,7,10-12H2,1-3H3,(H,19,20);4-6,8-9,11H,7,10,12H2,1-3H3,(H,19,20)/b;14-11+/t14-;/m1./s1. The molecule has 0 heterocycles. The number of carboxylic acid groups (broad SMARTS) is 2. The van der Waals surface area contributed by atoms with Gasteiger partial charge in [-0.25, -0.2) is 4.79 Å². The number of hydrogen-bond donors (Lipinski definition) is 2. The number of rotatable bonds is 13. The van der Waals surface area contributed by atoms with Gasteiger partial charge in [0.2, 0.25) is 0 Å². The molecule has 8 nitrogen and oxygen atoms in total. The van der Waals surface area contributed by atoms with Crippen LogP contribution in [-0.2, 0) is 41.5 Å². The van der Waals surface area contributed by atoms with Gasteiger partial charge >= 0.3 is 23.9 Å². The molecule has 0 aliphatic carbocycles. The van der Waals surface area contributed by atoms with E-state index >= 15 is 0 Å². The Morgan fingerprint density at radius 1 is 0.738 bits per heavy atom. The van der Waals surface area contributed by atoms with Gasteiger partial charge in [-0.3, -0.25) is 14.4 Å². The number of allylic oxidation sites excluding steroid dienone is 1. The summed E-state index contributed by atoms with van der Waals surface area (Å²) in [6, 6.07) is 19.7. The molecule has 0 aliphatic heterocycles. The smallest absolute Gasteiger partial charge is 0.331 e. The molecule has 2 aromatic carbocycles. The summed E-state index contributed by atoms with van der Waals surface area (Å²) in [4.78, 5) is 45.8. The zero-order valence-electron chi connectivity index (χ0n) is 25.7. The second-order valence-corrected chi connectivity index (χ2v) is 12.0. The van der Waals surface area contributed by atoms with Crippen LogP contribution in [0.3, 0.4) is 0 Å². The second-order valence-electron chi connectivity index (χ2n) is 12.0. The maximum Gasteiger partial charge on any atom is 0.331 e. The molecule has 2 aromatic rings. The molecule has 230 valence electrons. The van der Waals surface area contributed by atoms with E-state index in [4.69, 9.17) is 14.6 Å². The largest absolute Gasteiger partial charge is 0.481 e. The van der Waals surface area contributed by atoms with Crippen LogP contribution in [0.4, 0.5) is 0 Å². The first-order valence-corrected chi connectivity index (χ1v) is 14.2. The predicted octanol–water partition coefficient (Wildman–Crippen LogP) is 6.80. The number of aliphatic carboxylic acids is 2. The van der Waals surface area contributed by atoms with E-state index in [-0.39, 0.29) is 18.4 Å². The van der Waals surface area contributed by atoms with Crippen molar-refractivity contribution in [1.29, 1.82) is 0 Å². The first-order chi connectivity index (χ1) is 19.6. The van der Waals surface area contributed by atoms with Crippen molar-refractivity contribution in [3.63, 3.8) is 0 Å². The summed E-state index contributed by atoms with van der Waals surface area (Å²) < 4.78 is 10.3. The molecule has 0 spiro atoms. The minimum absolute atomic E-state index is 0.0681. The normalized spacial score (nSPS) is 12.4. The van der Waals surface area contributed by atoms with E-state index in [9.17, 15) is 24.3 Å². The van der Waals surface area contributed by atoms with Gasteiger partial charge in [-0.05, 0) is 84.8 Å². The topological polar surface area (TPSA) is 127 Å². The third kappa shape index (κ3) is 17.7. The van der Waals surface area contributed by atoms with Crippen molar-refractivity contribution in [3.8, 4) is 0 Å². The van der Waals surface area contributed by atoms with Gasteiger partial charge in [0.1, 0.15) is 11.2 Å². The van der Waals surface area contributed by atoms with Crippen LogP contribution >= 0.6 is 0 Å². The average Bonchev–Trinajstić information content (AvgIpc) is 2.87. The van der Waals surface area contributed by atoms with Crippen LogP contribution in [0.1, 0.15) is 84.8 Å². The fourth-order valence-electron chi connectivity index (χ4n) is 3.92. The van der Waals surface area contributed by atoms with E-state index in [0.717, 1.165) is 24.8 Å². The highest BCUT2D eigenvalue weighted by Gasteiger charge is 2.25. The fraction of sp³-hybridized carbons (Fsp3) is 0.471. The Kier molecular flexibility index (Phi) is 15.3. The monoisotopic (exact) mass is 582 g/mol. The van der Waals surface area contributed by atoms with Crippen LogP contribution in [-0.4, -0.2) is 45.3 Å². The number of esters is 2. The van der Waals surface area contributed by atoms with Gasteiger partial charge in [0, 0.05) is 5.57 Å².